The number of nitrogens with zero attached hydrogens (tertiary/aromatic N) is 1. The Hall–Kier alpha value is -2.04. The summed E-state index contributed by atoms with van der Waals surface area (Å²) in [7, 11) is 0. The molecule has 2 aliphatic rings. The number of ether oxygens (including phenoxy) is 2. The summed E-state index contributed by atoms with van der Waals surface area (Å²) in [5, 5.41) is 11.1. The van der Waals surface area contributed by atoms with Crippen molar-refractivity contribution in [1.82, 2.24) is 4.90 Å². The van der Waals surface area contributed by atoms with Crippen molar-refractivity contribution in [2.75, 3.05) is 26.4 Å². The van der Waals surface area contributed by atoms with Crippen LogP contribution < -0.4 is 9.47 Å². The zero-order valence-corrected chi connectivity index (χ0v) is 13.8. The van der Waals surface area contributed by atoms with E-state index in [0.29, 0.717) is 0 Å². The minimum atomic E-state index is -0.760. The number of likely N-dealkylation sites (tertiary alicyclic amines) is 1. The van der Waals surface area contributed by atoms with Crippen molar-refractivity contribution in [2.45, 2.75) is 24.9 Å². The van der Waals surface area contributed by atoms with Crippen molar-refractivity contribution in [3.8, 4) is 11.5 Å². The Morgan fingerprint density at radius 2 is 1.71 bits per heavy atom. The molecule has 0 spiro atoms. The van der Waals surface area contributed by atoms with E-state index in [1.54, 1.807) is 0 Å². The number of hydrogen-bond donors (Lipinski definition) is 1. The van der Waals surface area contributed by atoms with E-state index in [-0.39, 0.29) is 6.79 Å². The van der Waals surface area contributed by atoms with Gasteiger partial charge in [0.1, 0.15) is 0 Å². The van der Waals surface area contributed by atoms with Crippen LogP contribution in [0.25, 0.3) is 0 Å². The Labute approximate surface area is 142 Å². The van der Waals surface area contributed by atoms with Gasteiger partial charge in [-0.3, -0.25) is 0 Å². The Balaban J connectivity index is 1.36. The van der Waals surface area contributed by atoms with Crippen molar-refractivity contribution >= 4 is 0 Å². The average molecular weight is 325 g/mol. The lowest BCUT2D eigenvalue weighted by atomic mass is 9.84. The Morgan fingerprint density at radius 1 is 0.958 bits per heavy atom. The zero-order valence-electron chi connectivity index (χ0n) is 13.8. The second kappa shape index (κ2) is 6.46. The van der Waals surface area contributed by atoms with Crippen molar-refractivity contribution in [3.63, 3.8) is 0 Å². The summed E-state index contributed by atoms with van der Waals surface area (Å²) in [5.74, 6) is 1.51. The Morgan fingerprint density at radius 3 is 2.50 bits per heavy atom. The van der Waals surface area contributed by atoms with E-state index < -0.39 is 5.60 Å². The van der Waals surface area contributed by atoms with Gasteiger partial charge in [0.25, 0.3) is 0 Å². The Kier molecular flexibility index (Phi) is 4.17. The van der Waals surface area contributed by atoms with Crippen molar-refractivity contribution in [2.24, 2.45) is 0 Å². The van der Waals surface area contributed by atoms with E-state index in [4.69, 9.17) is 9.47 Å². The number of hydrogen-bond acceptors (Lipinski definition) is 4. The molecule has 2 aliphatic heterocycles. The predicted octanol–water partition coefficient (Wildman–Crippen LogP) is 2.94. The van der Waals surface area contributed by atoms with E-state index in [0.717, 1.165) is 56.0 Å². The van der Waals surface area contributed by atoms with Crippen LogP contribution in [0.4, 0.5) is 0 Å². The SMILES string of the molecule is OC1(c2ccc3c(c2)OCO3)CCN(CCc2ccccc2)CC1. The smallest absolute Gasteiger partial charge is 0.231 e. The number of benzene rings is 2. The molecule has 1 N–H and O–H groups in total. The first-order chi connectivity index (χ1) is 11.7. The highest BCUT2D eigenvalue weighted by atomic mass is 16.7. The molecule has 2 aromatic carbocycles. The lowest BCUT2D eigenvalue weighted by Gasteiger charge is -2.38. The van der Waals surface area contributed by atoms with Gasteiger partial charge in [-0.25, -0.2) is 0 Å². The molecule has 4 rings (SSSR count). The molecule has 0 aromatic heterocycles. The van der Waals surface area contributed by atoms with E-state index in [1.165, 1.54) is 5.56 Å². The van der Waals surface area contributed by atoms with Crippen molar-refractivity contribution < 1.29 is 14.6 Å². The fraction of sp³-hybridized carbons (Fsp3) is 0.400. The lowest BCUT2D eigenvalue weighted by molar-refractivity contribution is -0.0256. The minimum Gasteiger partial charge on any atom is -0.454 e. The normalized spacial score (nSPS) is 19.4. The molecule has 0 unspecified atom stereocenters. The molecule has 2 aromatic rings. The van der Waals surface area contributed by atoms with Gasteiger partial charge in [0, 0.05) is 19.6 Å². The summed E-state index contributed by atoms with van der Waals surface area (Å²) in [4.78, 5) is 2.44. The minimum absolute atomic E-state index is 0.268. The van der Waals surface area contributed by atoms with Crippen LogP contribution in [0, 0.1) is 0 Å². The quantitative estimate of drug-likeness (QED) is 0.938. The van der Waals surface area contributed by atoms with Gasteiger partial charge in [-0.05, 0) is 42.5 Å². The van der Waals surface area contributed by atoms with Gasteiger partial charge < -0.3 is 19.5 Å². The molecule has 0 aliphatic carbocycles. The third kappa shape index (κ3) is 3.12. The molecule has 4 nitrogen and oxygen atoms in total. The standard InChI is InChI=1S/C20H23NO3/c22-20(17-6-7-18-19(14-17)24-15-23-18)9-12-21(13-10-20)11-8-16-4-2-1-3-5-16/h1-7,14,22H,8-13,15H2. The van der Waals surface area contributed by atoms with Crippen LogP contribution in [-0.4, -0.2) is 36.4 Å². The number of fused-ring (bicyclic) bond motifs is 1. The maximum absolute atomic E-state index is 11.1. The highest BCUT2D eigenvalue weighted by molar-refractivity contribution is 5.46. The monoisotopic (exact) mass is 325 g/mol. The first kappa shape index (κ1) is 15.5. The zero-order chi connectivity index (χ0) is 16.4. The molecule has 0 bridgehead atoms. The summed E-state index contributed by atoms with van der Waals surface area (Å²) in [6, 6.07) is 16.4. The fourth-order valence-corrected chi connectivity index (χ4v) is 3.55. The van der Waals surface area contributed by atoms with Crippen LogP contribution in [0.1, 0.15) is 24.0 Å². The first-order valence-corrected chi connectivity index (χ1v) is 8.62. The highest BCUT2D eigenvalue weighted by Gasteiger charge is 2.34. The van der Waals surface area contributed by atoms with Crippen LogP contribution in [0.3, 0.4) is 0 Å². The summed E-state index contributed by atoms with van der Waals surface area (Å²) in [6.07, 6.45) is 2.56. The van der Waals surface area contributed by atoms with E-state index in [9.17, 15) is 5.11 Å². The summed E-state index contributed by atoms with van der Waals surface area (Å²) >= 11 is 0. The third-order valence-corrected chi connectivity index (χ3v) is 5.15. The molecule has 0 radical (unpaired) electrons. The van der Waals surface area contributed by atoms with Crippen LogP contribution in [0.5, 0.6) is 11.5 Å². The van der Waals surface area contributed by atoms with Crippen LogP contribution in [0.2, 0.25) is 0 Å². The molecular weight excluding hydrogens is 302 g/mol. The molecule has 2 heterocycles. The molecule has 0 saturated carbocycles. The van der Waals surface area contributed by atoms with Crippen molar-refractivity contribution in [1.29, 1.82) is 0 Å². The molecule has 24 heavy (non-hydrogen) atoms. The third-order valence-electron chi connectivity index (χ3n) is 5.15. The second-order valence-electron chi connectivity index (χ2n) is 6.68. The summed E-state index contributed by atoms with van der Waals surface area (Å²) in [6.45, 7) is 3.14. The second-order valence-corrected chi connectivity index (χ2v) is 6.68. The van der Waals surface area contributed by atoms with Crippen molar-refractivity contribution in [3.05, 3.63) is 59.7 Å². The lowest BCUT2D eigenvalue weighted by Crippen LogP contribution is -2.43. The maximum atomic E-state index is 11.1. The van der Waals surface area contributed by atoms with E-state index in [1.807, 2.05) is 18.2 Å². The largest absolute Gasteiger partial charge is 0.454 e. The molecule has 1 saturated heterocycles. The van der Waals surface area contributed by atoms with Crippen LogP contribution in [0.15, 0.2) is 48.5 Å². The summed E-state index contributed by atoms with van der Waals surface area (Å²) < 4.78 is 10.8. The average Bonchev–Trinajstić information content (AvgIpc) is 3.10. The van der Waals surface area contributed by atoms with Gasteiger partial charge in [-0.15, -0.1) is 0 Å². The van der Waals surface area contributed by atoms with Gasteiger partial charge in [-0.1, -0.05) is 36.4 Å². The first-order valence-electron chi connectivity index (χ1n) is 8.62. The van der Waals surface area contributed by atoms with Gasteiger partial charge >= 0.3 is 0 Å². The molecular formula is C20H23NO3. The van der Waals surface area contributed by atoms with E-state index >= 15 is 0 Å². The fourth-order valence-electron chi connectivity index (χ4n) is 3.55. The molecule has 1 fully saturated rings. The Bertz CT molecular complexity index is 693. The number of aliphatic hydroxyl groups is 1. The van der Waals surface area contributed by atoms with Gasteiger partial charge in [0.05, 0.1) is 5.60 Å². The van der Waals surface area contributed by atoms with Crippen LogP contribution >= 0.6 is 0 Å². The molecule has 0 amide bonds. The van der Waals surface area contributed by atoms with Gasteiger partial charge in [-0.2, -0.15) is 0 Å². The molecule has 4 heteroatoms. The van der Waals surface area contributed by atoms with Gasteiger partial charge in [0.2, 0.25) is 6.79 Å². The van der Waals surface area contributed by atoms with Crippen LogP contribution in [-0.2, 0) is 12.0 Å². The van der Waals surface area contributed by atoms with Gasteiger partial charge in [0.15, 0.2) is 11.5 Å². The highest BCUT2D eigenvalue weighted by Crippen LogP contribution is 2.39. The summed E-state index contributed by atoms with van der Waals surface area (Å²) in [5.41, 5.74) is 1.55. The predicted molar refractivity (Wildman–Crippen MR) is 92.3 cm³/mol. The van der Waals surface area contributed by atoms with E-state index in [2.05, 4.69) is 35.2 Å². The number of piperidine rings is 1. The molecule has 0 atom stereocenters. The maximum Gasteiger partial charge on any atom is 0.231 e. The topological polar surface area (TPSA) is 41.9 Å². The number of rotatable bonds is 4. The molecule has 126 valence electrons.